The minimum absolute atomic E-state index is 0.0519. The van der Waals surface area contributed by atoms with Gasteiger partial charge >= 0.3 is 5.97 Å². The standard InChI is InChI=1S/C21H19NO2.C3H5NO3.C3H8/c1-16-5-2-6-17(15-16)7-3-13-22-14-4-8-20(22)21(24)18-9-11-19(23)12-10-18;5-2-4-1-3(6)7;1-3-2/h2-12,14-15,23H,13H2,1H3;2H,1H2,(H,4,5)(H,6,7);3H2,1-2H3/b7-3+;;. The molecule has 34 heavy (non-hydrogen) atoms. The van der Waals surface area contributed by atoms with Crippen molar-refractivity contribution in [2.75, 3.05) is 6.54 Å². The van der Waals surface area contributed by atoms with Crippen molar-refractivity contribution in [2.45, 2.75) is 33.7 Å². The first kappa shape index (κ1) is 27.9. The molecule has 1 amide bonds. The van der Waals surface area contributed by atoms with Crippen molar-refractivity contribution in [3.05, 3.63) is 95.3 Å². The molecule has 0 saturated heterocycles. The van der Waals surface area contributed by atoms with Crippen molar-refractivity contribution < 1.29 is 24.6 Å². The predicted octanol–water partition coefficient (Wildman–Crippen LogP) is 4.68. The molecule has 0 unspecified atom stereocenters. The fourth-order valence-corrected chi connectivity index (χ4v) is 2.75. The number of aromatic hydroxyl groups is 1. The summed E-state index contributed by atoms with van der Waals surface area (Å²) in [5.74, 6) is -0.931. The predicted molar refractivity (Wildman–Crippen MR) is 134 cm³/mol. The largest absolute Gasteiger partial charge is 0.508 e. The van der Waals surface area contributed by atoms with E-state index in [1.807, 2.05) is 40.4 Å². The SMILES string of the molecule is CCC.Cc1cccc(/C=C/Cn2cccc2C(=O)c2ccc(O)cc2)c1.O=CNCC(=O)O. The molecule has 0 spiro atoms. The molecule has 1 heterocycles. The van der Waals surface area contributed by atoms with E-state index < -0.39 is 5.97 Å². The molecule has 0 aliphatic rings. The quantitative estimate of drug-likeness (QED) is 0.331. The van der Waals surface area contributed by atoms with Gasteiger partial charge in [-0.05, 0) is 48.9 Å². The summed E-state index contributed by atoms with van der Waals surface area (Å²) >= 11 is 0. The number of rotatable bonds is 8. The van der Waals surface area contributed by atoms with E-state index in [1.165, 1.54) is 24.1 Å². The van der Waals surface area contributed by atoms with Crippen LogP contribution in [-0.4, -0.2) is 39.5 Å². The lowest BCUT2D eigenvalue weighted by atomic mass is 10.1. The van der Waals surface area contributed by atoms with E-state index in [-0.39, 0.29) is 18.1 Å². The van der Waals surface area contributed by atoms with Crippen LogP contribution in [0.15, 0.2) is 72.9 Å². The number of carbonyl (C=O) groups is 3. The van der Waals surface area contributed by atoms with Crippen LogP contribution in [0.4, 0.5) is 0 Å². The van der Waals surface area contributed by atoms with Gasteiger partial charge in [0, 0.05) is 18.3 Å². The molecule has 0 fully saturated rings. The molecule has 3 rings (SSSR count). The minimum atomic E-state index is -1.04. The van der Waals surface area contributed by atoms with Gasteiger partial charge in [0.1, 0.15) is 12.3 Å². The maximum Gasteiger partial charge on any atom is 0.322 e. The average Bonchev–Trinajstić information content (AvgIpc) is 3.27. The zero-order valence-electron chi connectivity index (χ0n) is 19.8. The molecule has 0 atom stereocenters. The number of aryl methyl sites for hydroxylation is 1. The maximum atomic E-state index is 12.6. The maximum absolute atomic E-state index is 12.6. The smallest absolute Gasteiger partial charge is 0.322 e. The Morgan fingerprint density at radius 3 is 2.26 bits per heavy atom. The fourth-order valence-electron chi connectivity index (χ4n) is 2.75. The molecule has 0 bridgehead atoms. The van der Waals surface area contributed by atoms with Gasteiger partial charge in [0.15, 0.2) is 0 Å². The lowest BCUT2D eigenvalue weighted by Crippen LogP contribution is -2.20. The van der Waals surface area contributed by atoms with Crippen LogP contribution < -0.4 is 5.32 Å². The number of carboxylic acid groups (broad SMARTS) is 1. The highest BCUT2D eigenvalue weighted by molar-refractivity contribution is 6.08. The first-order valence-electron chi connectivity index (χ1n) is 10.9. The molecule has 2 aromatic carbocycles. The van der Waals surface area contributed by atoms with E-state index in [0.29, 0.717) is 24.2 Å². The van der Waals surface area contributed by atoms with Crippen LogP contribution in [0, 0.1) is 6.92 Å². The van der Waals surface area contributed by atoms with E-state index in [4.69, 9.17) is 5.11 Å². The number of amides is 1. The van der Waals surface area contributed by atoms with Crippen molar-refractivity contribution in [2.24, 2.45) is 0 Å². The molecule has 0 aliphatic heterocycles. The van der Waals surface area contributed by atoms with Crippen LogP contribution >= 0.6 is 0 Å². The molecule has 3 aromatic rings. The number of benzene rings is 2. The average molecular weight is 465 g/mol. The molecule has 1 aromatic heterocycles. The van der Waals surface area contributed by atoms with Crippen molar-refractivity contribution in [3.8, 4) is 5.75 Å². The number of phenolic OH excluding ortho intramolecular Hbond substituents is 1. The third-order valence-corrected chi connectivity index (χ3v) is 4.18. The molecule has 3 N–H and O–H groups in total. The molecule has 0 aliphatic carbocycles. The van der Waals surface area contributed by atoms with Crippen LogP contribution in [0.3, 0.4) is 0 Å². The summed E-state index contributed by atoms with van der Waals surface area (Å²) < 4.78 is 1.92. The molecule has 0 radical (unpaired) electrons. The van der Waals surface area contributed by atoms with Gasteiger partial charge in [0.05, 0.1) is 5.69 Å². The summed E-state index contributed by atoms with van der Waals surface area (Å²) in [5.41, 5.74) is 3.57. The normalized spacial score (nSPS) is 9.85. The Kier molecular flexibility index (Phi) is 12.8. The first-order chi connectivity index (χ1) is 16.3. The number of aromatic nitrogens is 1. The Bertz CT molecular complexity index is 1070. The van der Waals surface area contributed by atoms with E-state index in [9.17, 15) is 19.5 Å². The number of carboxylic acids is 1. The Balaban J connectivity index is 0.000000491. The summed E-state index contributed by atoms with van der Waals surface area (Å²) in [7, 11) is 0. The van der Waals surface area contributed by atoms with Gasteiger partial charge in [-0.2, -0.15) is 0 Å². The molecule has 7 nitrogen and oxygen atoms in total. The van der Waals surface area contributed by atoms with Gasteiger partial charge in [0.2, 0.25) is 12.2 Å². The van der Waals surface area contributed by atoms with Gasteiger partial charge < -0.3 is 20.1 Å². The third-order valence-electron chi connectivity index (χ3n) is 4.18. The lowest BCUT2D eigenvalue weighted by molar-refractivity contribution is -0.136. The minimum Gasteiger partial charge on any atom is -0.508 e. The highest BCUT2D eigenvalue weighted by atomic mass is 16.4. The number of nitrogens with zero attached hydrogens (tertiary/aromatic N) is 1. The molecule has 180 valence electrons. The summed E-state index contributed by atoms with van der Waals surface area (Å²) in [5, 5.41) is 19.1. The van der Waals surface area contributed by atoms with Crippen LogP contribution in [0.5, 0.6) is 5.75 Å². The summed E-state index contributed by atoms with van der Waals surface area (Å²) in [6, 6.07) is 18.3. The van der Waals surface area contributed by atoms with Crippen molar-refractivity contribution in [1.29, 1.82) is 0 Å². The van der Waals surface area contributed by atoms with Crippen LogP contribution in [0.25, 0.3) is 6.08 Å². The monoisotopic (exact) mass is 464 g/mol. The highest BCUT2D eigenvalue weighted by Gasteiger charge is 2.12. The number of hydrogen-bond acceptors (Lipinski definition) is 4. The number of ketones is 1. The Morgan fingerprint density at radius 2 is 1.71 bits per heavy atom. The van der Waals surface area contributed by atoms with Gasteiger partial charge in [-0.3, -0.25) is 14.4 Å². The van der Waals surface area contributed by atoms with Crippen molar-refractivity contribution in [1.82, 2.24) is 9.88 Å². The van der Waals surface area contributed by atoms with Gasteiger partial charge in [-0.25, -0.2) is 0 Å². The topological polar surface area (TPSA) is 109 Å². The highest BCUT2D eigenvalue weighted by Crippen LogP contribution is 2.15. The van der Waals surface area contributed by atoms with E-state index in [0.717, 1.165) is 5.56 Å². The molecular formula is C27H32N2O5. The second kappa shape index (κ2) is 15.6. The van der Waals surface area contributed by atoms with Gasteiger partial charge in [-0.1, -0.05) is 62.2 Å². The number of allylic oxidation sites excluding steroid dienone is 1. The second-order valence-corrected chi connectivity index (χ2v) is 7.34. The van der Waals surface area contributed by atoms with E-state index >= 15 is 0 Å². The van der Waals surface area contributed by atoms with Crippen molar-refractivity contribution >= 4 is 24.2 Å². The van der Waals surface area contributed by atoms with Gasteiger partial charge in [0.25, 0.3) is 0 Å². The summed E-state index contributed by atoms with van der Waals surface area (Å²) in [6.45, 7) is 6.64. The molecule has 0 saturated carbocycles. The Hall–Kier alpha value is -4.13. The number of aliphatic carboxylic acids is 1. The number of carbonyl (C=O) groups excluding carboxylic acids is 2. The Morgan fingerprint density at radius 1 is 1.03 bits per heavy atom. The lowest BCUT2D eigenvalue weighted by Gasteiger charge is -2.06. The van der Waals surface area contributed by atoms with Gasteiger partial charge in [-0.15, -0.1) is 0 Å². The number of nitrogens with one attached hydrogen (secondary N) is 1. The van der Waals surface area contributed by atoms with Crippen LogP contribution in [0.2, 0.25) is 0 Å². The molecular weight excluding hydrogens is 432 g/mol. The fraction of sp³-hybridized carbons (Fsp3) is 0.222. The zero-order valence-corrected chi connectivity index (χ0v) is 19.8. The van der Waals surface area contributed by atoms with Crippen molar-refractivity contribution in [3.63, 3.8) is 0 Å². The summed E-state index contributed by atoms with van der Waals surface area (Å²) in [6.07, 6.45) is 7.59. The number of phenols is 1. The van der Waals surface area contributed by atoms with E-state index in [2.05, 4.69) is 45.0 Å². The van der Waals surface area contributed by atoms with E-state index in [1.54, 1.807) is 12.1 Å². The first-order valence-corrected chi connectivity index (χ1v) is 10.9. The zero-order chi connectivity index (χ0) is 25.3. The number of hydrogen-bond donors (Lipinski definition) is 3. The van der Waals surface area contributed by atoms with Crippen LogP contribution in [-0.2, 0) is 16.1 Å². The molecule has 7 heteroatoms. The van der Waals surface area contributed by atoms with Crippen LogP contribution in [0.1, 0.15) is 47.4 Å². The second-order valence-electron chi connectivity index (χ2n) is 7.34. The Labute approximate surface area is 200 Å². The third kappa shape index (κ3) is 10.5. The summed E-state index contributed by atoms with van der Waals surface area (Å²) in [4.78, 5) is 31.5.